The Labute approximate surface area is 497 Å². The Kier molecular flexibility index (Phi) is 18.9. The molecule has 0 unspecified atom stereocenters. The van der Waals surface area contributed by atoms with Crippen LogP contribution in [0.1, 0.15) is 185 Å². The molecule has 0 spiro atoms. The van der Waals surface area contributed by atoms with Gasteiger partial charge >= 0.3 is 48.0 Å². The molecule has 1 aromatic carbocycles. The molecule has 466 valence electrons. The summed E-state index contributed by atoms with van der Waals surface area (Å²) in [5, 5.41) is 5.76. The van der Waals surface area contributed by atoms with Crippen molar-refractivity contribution in [3.8, 4) is 0 Å². The molecule has 9 rings (SSSR count). The molecule has 8 aliphatic carbocycles. The van der Waals surface area contributed by atoms with Crippen molar-refractivity contribution >= 4 is 59.4 Å². The number of fused-ring (bicyclic) bond motifs is 10. The van der Waals surface area contributed by atoms with E-state index in [4.69, 9.17) is 37.9 Å². The van der Waals surface area contributed by atoms with Gasteiger partial charge in [0.1, 0.15) is 36.6 Å². The summed E-state index contributed by atoms with van der Waals surface area (Å²) < 4.78 is 47.5. The fraction of sp³-hybridized carbons (Fsp3) is 0.788. The van der Waals surface area contributed by atoms with Gasteiger partial charge in [-0.2, -0.15) is 0 Å². The normalized spacial score (nSPS) is 39.7. The predicted octanol–water partition coefficient (Wildman–Crippen LogP) is 12.2. The number of carbonyl (C=O) groups is 8. The van der Waals surface area contributed by atoms with Gasteiger partial charge in [-0.25, -0.2) is 9.59 Å². The van der Waals surface area contributed by atoms with E-state index in [1.807, 2.05) is 0 Å². The van der Waals surface area contributed by atoms with E-state index in [1.165, 1.54) is 41.9 Å². The maximum atomic E-state index is 13.7. The van der Waals surface area contributed by atoms with E-state index >= 15 is 0 Å². The molecular weight excluding hydrogens is 1080 g/mol. The van der Waals surface area contributed by atoms with Crippen LogP contribution in [0, 0.1) is 92.7 Å². The van der Waals surface area contributed by atoms with Gasteiger partial charge in [-0.3, -0.25) is 39.4 Å². The van der Waals surface area contributed by atoms with Gasteiger partial charge in [-0.05, 0) is 191 Å². The molecule has 2 amide bonds. The minimum Gasteiger partial charge on any atom is -0.469 e. The molecule has 0 saturated heterocycles. The van der Waals surface area contributed by atoms with Crippen molar-refractivity contribution in [1.82, 2.24) is 0 Å². The smallest absolute Gasteiger partial charge is 0.411 e. The van der Waals surface area contributed by atoms with Gasteiger partial charge in [-0.15, -0.1) is 0 Å². The lowest BCUT2D eigenvalue weighted by atomic mass is 9.43. The third-order valence-electron chi connectivity index (χ3n) is 24.1. The van der Waals surface area contributed by atoms with Crippen molar-refractivity contribution in [2.24, 2.45) is 92.7 Å². The van der Waals surface area contributed by atoms with Crippen LogP contribution in [0.2, 0.25) is 0 Å². The number of amides is 2. The Morgan fingerprint density at radius 1 is 0.500 bits per heavy atom. The first kappa shape index (κ1) is 63.1. The second kappa shape index (κ2) is 25.1. The standard InChI is InChI=1S/C66H96N2O16/c1-35(16-22-57(73)77-11)47-18-20-49-59-51(33-55(65(47,49)9)81-39(5)71)63(7)26-24-45(28-41(63)30-53(59)79-37(3)69)83-61(75)67-43-14-13-15-44(32-43)68-62(76)84-46-25-27-64(8)42(29-46)31-54(80-38(4)70)60-50-21-19-48(36(2)17-23-58(74)78-12)66(50,10)56(34-52(60)64)82-40(6)72/h13-15,32,35-36,41-42,45-56,59-60H,16-31,33-34H2,1-12H3,(H,67,75)(H,68,76)/t35-,36-,41+,42+,45-,46-,47-,48-,49+,50+,51+,52+,53-,54-,55+,56+,59+,60+,63+,64+,65-,66-/m1/s1. The molecule has 8 aliphatic rings. The summed E-state index contributed by atoms with van der Waals surface area (Å²) in [6.45, 7) is 19.4. The zero-order valence-corrected chi connectivity index (χ0v) is 52.0. The van der Waals surface area contributed by atoms with E-state index in [2.05, 4.69) is 52.2 Å². The third-order valence-corrected chi connectivity index (χ3v) is 24.1. The topological polar surface area (TPSA) is 234 Å². The molecule has 0 aliphatic heterocycles. The minimum atomic E-state index is -0.623. The lowest BCUT2D eigenvalue weighted by Gasteiger charge is -2.64. The first-order valence-corrected chi connectivity index (χ1v) is 31.6. The minimum absolute atomic E-state index is 0.0513. The number of anilines is 2. The number of nitrogens with one attached hydrogen (secondary N) is 2. The van der Waals surface area contributed by atoms with Gasteiger partial charge in [0.25, 0.3) is 0 Å². The zero-order chi connectivity index (χ0) is 60.8. The summed E-state index contributed by atoms with van der Waals surface area (Å²) in [5.74, 6) is -0.424. The van der Waals surface area contributed by atoms with Gasteiger partial charge in [0.2, 0.25) is 0 Å². The van der Waals surface area contributed by atoms with Gasteiger partial charge in [0, 0.05) is 74.6 Å². The van der Waals surface area contributed by atoms with E-state index < -0.39 is 24.4 Å². The first-order valence-electron chi connectivity index (χ1n) is 31.6. The summed E-state index contributed by atoms with van der Waals surface area (Å²) in [4.78, 5) is 103. The highest BCUT2D eigenvalue weighted by Crippen LogP contribution is 2.71. The molecule has 0 heterocycles. The quantitative estimate of drug-likeness (QED) is 0.116. The monoisotopic (exact) mass is 1170 g/mol. The largest absolute Gasteiger partial charge is 0.469 e. The molecule has 18 nitrogen and oxygen atoms in total. The Bertz CT molecular complexity index is 2470. The maximum Gasteiger partial charge on any atom is 0.411 e. The Morgan fingerprint density at radius 2 is 0.881 bits per heavy atom. The number of hydrogen-bond donors (Lipinski definition) is 2. The fourth-order valence-corrected chi connectivity index (χ4v) is 20.3. The van der Waals surface area contributed by atoms with Crippen LogP contribution in [0.3, 0.4) is 0 Å². The number of benzene rings is 1. The lowest BCUT2D eigenvalue weighted by Crippen LogP contribution is -2.63. The summed E-state index contributed by atoms with van der Waals surface area (Å²) in [6, 6.07) is 6.83. The molecular formula is C66H96N2O16. The lowest BCUT2D eigenvalue weighted by molar-refractivity contribution is -0.224. The van der Waals surface area contributed by atoms with Crippen LogP contribution in [-0.4, -0.2) is 98.8 Å². The van der Waals surface area contributed by atoms with Crippen molar-refractivity contribution in [3.63, 3.8) is 0 Å². The highest BCUT2D eigenvalue weighted by molar-refractivity contribution is 5.89. The molecule has 84 heavy (non-hydrogen) atoms. The SMILES string of the molecule is COC(=O)CC[C@@H](C)[C@H]1CC[C@H]2[C@@H]3[C@H](OC(C)=O)C[C@@H]4C[C@H](OC(=O)Nc5cccc(NC(=O)O[C@@H]6CC[C@@]7(C)[C@@H](C6)C[C@@H](OC(C)=O)[C@@H]6[C@@H]7C[C@H](OC(C)=O)[C@]7(C)[C@@H]([C@H](C)CCC(=O)OC)CC[C@@H]67)c5)CC[C@]4(C)[C@H]3C[C@H](OC(C)=O)[C@]12C. The van der Waals surface area contributed by atoms with E-state index in [0.717, 1.165) is 38.5 Å². The molecule has 22 atom stereocenters. The van der Waals surface area contributed by atoms with Crippen molar-refractivity contribution in [2.75, 3.05) is 24.9 Å². The van der Waals surface area contributed by atoms with Gasteiger partial charge in [0.05, 0.1) is 14.2 Å². The molecule has 8 fully saturated rings. The van der Waals surface area contributed by atoms with Crippen LogP contribution < -0.4 is 10.6 Å². The van der Waals surface area contributed by atoms with E-state index in [1.54, 1.807) is 24.3 Å². The zero-order valence-electron chi connectivity index (χ0n) is 52.0. The summed E-state index contributed by atoms with van der Waals surface area (Å²) in [7, 11) is 2.81. The highest BCUT2D eigenvalue weighted by Gasteiger charge is 2.70. The molecule has 18 heteroatoms. The third kappa shape index (κ3) is 12.3. The van der Waals surface area contributed by atoms with E-state index in [-0.39, 0.29) is 153 Å². The molecule has 0 bridgehead atoms. The maximum absolute atomic E-state index is 13.7. The van der Waals surface area contributed by atoms with Crippen LogP contribution in [0.4, 0.5) is 21.0 Å². The number of methoxy groups -OCH3 is 2. The molecule has 0 aromatic heterocycles. The number of esters is 6. The number of hydrogen-bond acceptors (Lipinski definition) is 16. The van der Waals surface area contributed by atoms with Crippen molar-refractivity contribution in [2.45, 2.75) is 221 Å². The highest BCUT2D eigenvalue weighted by atomic mass is 16.6. The Morgan fingerprint density at radius 3 is 1.24 bits per heavy atom. The van der Waals surface area contributed by atoms with Gasteiger partial charge in [-0.1, -0.05) is 47.6 Å². The molecule has 2 N–H and O–H groups in total. The second-order valence-corrected chi connectivity index (χ2v) is 28.1. The fourth-order valence-electron chi connectivity index (χ4n) is 20.3. The Hall–Kier alpha value is -5.42. The van der Waals surface area contributed by atoms with Gasteiger partial charge < -0.3 is 37.9 Å². The average molecular weight is 1170 g/mol. The number of carbonyl (C=O) groups excluding carboxylic acids is 8. The first-order chi connectivity index (χ1) is 39.7. The van der Waals surface area contributed by atoms with Gasteiger partial charge in [0.15, 0.2) is 0 Å². The average Bonchev–Trinajstić information content (AvgIpc) is 1.30. The summed E-state index contributed by atoms with van der Waals surface area (Å²) >= 11 is 0. The van der Waals surface area contributed by atoms with Crippen LogP contribution in [0.5, 0.6) is 0 Å². The van der Waals surface area contributed by atoms with Crippen LogP contribution in [0.25, 0.3) is 0 Å². The predicted molar refractivity (Wildman–Crippen MR) is 309 cm³/mol. The van der Waals surface area contributed by atoms with E-state index in [0.29, 0.717) is 88.4 Å². The molecule has 8 saturated carbocycles. The van der Waals surface area contributed by atoms with Crippen LogP contribution in [0.15, 0.2) is 24.3 Å². The molecule has 1 aromatic rings. The van der Waals surface area contributed by atoms with Crippen molar-refractivity contribution < 1.29 is 76.3 Å². The number of rotatable bonds is 16. The van der Waals surface area contributed by atoms with Crippen molar-refractivity contribution in [3.05, 3.63) is 24.3 Å². The van der Waals surface area contributed by atoms with Crippen LogP contribution in [-0.2, 0) is 66.7 Å². The van der Waals surface area contributed by atoms with Crippen LogP contribution >= 0.6 is 0 Å². The summed E-state index contributed by atoms with van der Waals surface area (Å²) in [5.41, 5.74) is -0.331. The Balaban J connectivity index is 0.820. The summed E-state index contributed by atoms with van der Waals surface area (Å²) in [6.07, 6.45) is 8.64. The number of ether oxygens (including phenoxy) is 8. The second-order valence-electron chi connectivity index (χ2n) is 28.1. The molecule has 0 radical (unpaired) electrons. The van der Waals surface area contributed by atoms with Crippen molar-refractivity contribution in [1.29, 1.82) is 0 Å². The van der Waals surface area contributed by atoms with E-state index in [9.17, 15) is 38.4 Å².